The summed E-state index contributed by atoms with van der Waals surface area (Å²) in [4.78, 5) is 28.1. The Morgan fingerprint density at radius 3 is 2.79 bits per heavy atom. The smallest absolute Gasteiger partial charge is 0.260 e. The first-order valence-electron chi connectivity index (χ1n) is 10.5. The Bertz CT molecular complexity index is 1330. The standard InChI is InChI=1S/C23H23N7O3/c1-4-28-8-7-24-21(28)14-29-12-16(11-26-29)30-13-19-17(23(30)31)5-6-18(27-19)15-9-20(32-2)22(33-3)25-10-15/h5-12H,4,13-14H2,1-3H3. The number of nitrogens with zero attached hydrogens (tertiary/aromatic N) is 7. The van der Waals surface area contributed by atoms with Crippen LogP contribution < -0.4 is 14.4 Å². The average molecular weight is 445 g/mol. The number of ether oxygens (including phenoxy) is 2. The van der Waals surface area contributed by atoms with Gasteiger partial charge in [0.05, 0.1) is 56.1 Å². The molecular weight excluding hydrogens is 422 g/mol. The largest absolute Gasteiger partial charge is 0.491 e. The molecule has 0 saturated carbocycles. The number of hydrogen-bond donors (Lipinski definition) is 0. The highest BCUT2D eigenvalue weighted by Gasteiger charge is 2.31. The lowest BCUT2D eigenvalue weighted by Gasteiger charge is -2.12. The summed E-state index contributed by atoms with van der Waals surface area (Å²) in [6, 6.07) is 5.44. The van der Waals surface area contributed by atoms with Crippen LogP contribution in [0.1, 0.15) is 28.8 Å². The van der Waals surface area contributed by atoms with E-state index in [9.17, 15) is 4.79 Å². The first-order valence-corrected chi connectivity index (χ1v) is 10.5. The molecule has 1 amide bonds. The highest BCUT2D eigenvalue weighted by atomic mass is 16.5. The van der Waals surface area contributed by atoms with Crippen LogP contribution in [0.25, 0.3) is 11.3 Å². The number of rotatable bonds is 7. The Kier molecular flexibility index (Phi) is 5.25. The maximum absolute atomic E-state index is 13.0. The van der Waals surface area contributed by atoms with Crippen LogP contribution in [-0.2, 0) is 19.6 Å². The molecule has 0 fully saturated rings. The molecule has 0 bridgehead atoms. The van der Waals surface area contributed by atoms with Crippen LogP contribution in [0.5, 0.6) is 11.6 Å². The Morgan fingerprint density at radius 1 is 1.12 bits per heavy atom. The molecule has 0 aromatic carbocycles. The molecule has 4 aromatic rings. The number of amides is 1. The summed E-state index contributed by atoms with van der Waals surface area (Å²) in [6.45, 7) is 3.81. The number of pyridine rings is 2. The van der Waals surface area contributed by atoms with Crippen molar-refractivity contribution < 1.29 is 14.3 Å². The van der Waals surface area contributed by atoms with Crippen LogP contribution in [0.4, 0.5) is 5.69 Å². The topological polar surface area (TPSA) is 100 Å². The third kappa shape index (κ3) is 3.69. The van der Waals surface area contributed by atoms with Crippen LogP contribution in [0.15, 0.2) is 49.2 Å². The van der Waals surface area contributed by atoms with Crippen molar-refractivity contribution >= 4 is 11.6 Å². The van der Waals surface area contributed by atoms with Crippen LogP contribution in [0.3, 0.4) is 0 Å². The van der Waals surface area contributed by atoms with Crippen molar-refractivity contribution in [2.24, 2.45) is 0 Å². The minimum atomic E-state index is -0.0934. The molecule has 168 valence electrons. The molecule has 0 saturated heterocycles. The van der Waals surface area contributed by atoms with Gasteiger partial charge < -0.3 is 14.0 Å². The van der Waals surface area contributed by atoms with E-state index in [0.29, 0.717) is 41.7 Å². The quantitative estimate of drug-likeness (QED) is 0.431. The van der Waals surface area contributed by atoms with E-state index in [1.165, 1.54) is 0 Å². The Morgan fingerprint density at radius 2 is 2.00 bits per heavy atom. The number of fused-ring (bicyclic) bond motifs is 1. The lowest BCUT2D eigenvalue weighted by Crippen LogP contribution is -2.22. The summed E-state index contributed by atoms with van der Waals surface area (Å²) < 4.78 is 14.4. The summed E-state index contributed by atoms with van der Waals surface area (Å²) in [7, 11) is 3.10. The molecule has 1 aliphatic rings. The van der Waals surface area contributed by atoms with Gasteiger partial charge in [-0.05, 0) is 25.1 Å². The zero-order valence-electron chi connectivity index (χ0n) is 18.6. The highest BCUT2D eigenvalue weighted by molar-refractivity contribution is 6.09. The van der Waals surface area contributed by atoms with Crippen molar-refractivity contribution in [1.82, 2.24) is 29.3 Å². The van der Waals surface area contributed by atoms with E-state index >= 15 is 0 Å². The molecule has 10 heteroatoms. The van der Waals surface area contributed by atoms with Crippen molar-refractivity contribution in [3.05, 3.63) is 66.3 Å². The third-order valence-corrected chi connectivity index (χ3v) is 5.66. The summed E-state index contributed by atoms with van der Waals surface area (Å²) in [5.41, 5.74) is 3.50. The van der Waals surface area contributed by atoms with E-state index in [1.807, 2.05) is 24.5 Å². The van der Waals surface area contributed by atoms with Crippen molar-refractivity contribution in [3.8, 4) is 22.9 Å². The van der Waals surface area contributed by atoms with E-state index in [4.69, 9.17) is 14.5 Å². The summed E-state index contributed by atoms with van der Waals surface area (Å²) in [5.74, 6) is 1.75. The van der Waals surface area contributed by atoms with E-state index in [-0.39, 0.29) is 5.91 Å². The van der Waals surface area contributed by atoms with Crippen molar-refractivity contribution in [2.45, 2.75) is 26.6 Å². The van der Waals surface area contributed by atoms with Gasteiger partial charge in [0.1, 0.15) is 5.82 Å². The van der Waals surface area contributed by atoms with Crippen molar-refractivity contribution in [2.75, 3.05) is 19.1 Å². The number of carbonyl (C=O) groups is 1. The average Bonchev–Trinajstić information content (AvgIpc) is 3.57. The van der Waals surface area contributed by atoms with Gasteiger partial charge in [-0.25, -0.2) is 9.97 Å². The summed E-state index contributed by atoms with van der Waals surface area (Å²) in [5, 5.41) is 4.42. The van der Waals surface area contributed by atoms with Crippen LogP contribution in [0.2, 0.25) is 0 Å². The number of aromatic nitrogens is 6. The van der Waals surface area contributed by atoms with Crippen LogP contribution in [-0.4, -0.2) is 49.4 Å². The monoisotopic (exact) mass is 445 g/mol. The first kappa shape index (κ1) is 20.7. The second-order valence-corrected chi connectivity index (χ2v) is 7.54. The molecule has 33 heavy (non-hydrogen) atoms. The van der Waals surface area contributed by atoms with E-state index in [0.717, 1.165) is 23.6 Å². The van der Waals surface area contributed by atoms with E-state index in [2.05, 4.69) is 26.6 Å². The number of methoxy groups -OCH3 is 2. The van der Waals surface area contributed by atoms with Gasteiger partial charge in [0.25, 0.3) is 11.8 Å². The molecule has 0 atom stereocenters. The second-order valence-electron chi connectivity index (χ2n) is 7.54. The van der Waals surface area contributed by atoms with E-state index in [1.54, 1.807) is 48.5 Å². The van der Waals surface area contributed by atoms with Crippen molar-refractivity contribution in [3.63, 3.8) is 0 Å². The molecule has 0 N–H and O–H groups in total. The highest BCUT2D eigenvalue weighted by Crippen LogP contribution is 2.32. The van der Waals surface area contributed by atoms with Crippen LogP contribution in [0, 0.1) is 0 Å². The minimum Gasteiger partial charge on any atom is -0.491 e. The SMILES string of the molecule is CCn1ccnc1Cn1cc(N2Cc3nc(-c4cnc(OC)c(OC)c4)ccc3C2=O)cn1. The molecule has 1 aliphatic heterocycles. The summed E-state index contributed by atoms with van der Waals surface area (Å²) >= 11 is 0. The van der Waals surface area contributed by atoms with Gasteiger partial charge in [-0.2, -0.15) is 5.10 Å². The van der Waals surface area contributed by atoms with Crippen molar-refractivity contribution in [1.29, 1.82) is 0 Å². The van der Waals surface area contributed by atoms with Gasteiger partial charge in [0, 0.05) is 36.9 Å². The lowest BCUT2D eigenvalue weighted by molar-refractivity contribution is 0.0996. The zero-order valence-corrected chi connectivity index (χ0v) is 18.6. The number of carbonyl (C=O) groups excluding carboxylic acids is 1. The fraction of sp³-hybridized carbons (Fsp3) is 0.261. The Balaban J connectivity index is 1.38. The molecule has 5 rings (SSSR count). The lowest BCUT2D eigenvalue weighted by atomic mass is 10.1. The number of aryl methyl sites for hydroxylation is 1. The van der Waals surface area contributed by atoms with Gasteiger partial charge in [-0.15, -0.1) is 0 Å². The Labute approximate surface area is 190 Å². The Hall–Kier alpha value is -4.21. The maximum Gasteiger partial charge on any atom is 0.260 e. The molecule has 10 nitrogen and oxygen atoms in total. The van der Waals surface area contributed by atoms with Gasteiger partial charge in [0.15, 0.2) is 5.75 Å². The summed E-state index contributed by atoms with van der Waals surface area (Å²) in [6.07, 6.45) is 8.95. The third-order valence-electron chi connectivity index (χ3n) is 5.66. The minimum absolute atomic E-state index is 0.0934. The number of hydrogen-bond acceptors (Lipinski definition) is 7. The molecule has 4 aromatic heterocycles. The molecule has 0 radical (unpaired) electrons. The normalized spacial score (nSPS) is 12.8. The fourth-order valence-corrected chi connectivity index (χ4v) is 3.93. The van der Waals surface area contributed by atoms with Gasteiger partial charge in [-0.1, -0.05) is 0 Å². The fourth-order valence-electron chi connectivity index (χ4n) is 3.93. The number of anilines is 1. The van der Waals surface area contributed by atoms with Gasteiger partial charge in [-0.3, -0.25) is 19.4 Å². The molecule has 0 unspecified atom stereocenters. The van der Waals surface area contributed by atoms with Gasteiger partial charge >= 0.3 is 0 Å². The van der Waals surface area contributed by atoms with Crippen LogP contribution >= 0.6 is 0 Å². The predicted octanol–water partition coefficient (Wildman–Crippen LogP) is 2.78. The van der Waals surface area contributed by atoms with E-state index < -0.39 is 0 Å². The molecule has 0 spiro atoms. The van der Waals surface area contributed by atoms with Gasteiger partial charge in [0.2, 0.25) is 0 Å². The number of imidazole rings is 1. The molecular formula is C23H23N7O3. The molecule has 0 aliphatic carbocycles. The molecule has 5 heterocycles. The maximum atomic E-state index is 13.0. The second kappa shape index (κ2) is 8.38. The predicted molar refractivity (Wildman–Crippen MR) is 120 cm³/mol. The zero-order chi connectivity index (χ0) is 22.9. The first-order chi connectivity index (χ1) is 16.1.